The summed E-state index contributed by atoms with van der Waals surface area (Å²) in [6.45, 7) is 5.73. The van der Waals surface area contributed by atoms with E-state index in [1.807, 2.05) is 24.3 Å². The Bertz CT molecular complexity index is 410. The minimum atomic E-state index is -0.587. The molecule has 0 bridgehead atoms. The Morgan fingerprint density at radius 1 is 1.15 bits per heavy atom. The minimum absolute atomic E-state index is 0.0751. The average Bonchev–Trinajstić information content (AvgIpc) is 2.44. The van der Waals surface area contributed by atoms with E-state index in [9.17, 15) is 4.79 Å². The molecule has 1 aromatic rings. The second kappa shape index (κ2) is 8.05. The van der Waals surface area contributed by atoms with Gasteiger partial charge in [-0.1, -0.05) is 38.3 Å². The van der Waals surface area contributed by atoms with E-state index in [4.69, 9.17) is 5.11 Å². The number of benzene rings is 1. The van der Waals surface area contributed by atoms with Crippen molar-refractivity contribution in [1.82, 2.24) is 5.32 Å². The molecule has 0 heterocycles. The summed E-state index contributed by atoms with van der Waals surface area (Å²) in [5.41, 5.74) is 1.33. The van der Waals surface area contributed by atoms with E-state index in [-0.39, 0.29) is 12.5 Å². The highest BCUT2D eigenvalue weighted by Gasteiger charge is 2.19. The quantitative estimate of drug-likeness (QED) is 0.716. The second-order valence-corrected chi connectivity index (χ2v) is 6.00. The number of amides is 1. The van der Waals surface area contributed by atoms with Crippen LogP contribution in [-0.4, -0.2) is 23.2 Å². The van der Waals surface area contributed by atoms with Crippen LogP contribution in [0.1, 0.15) is 62.4 Å². The number of aryl methyl sites for hydroxylation is 1. The molecule has 0 saturated carbocycles. The van der Waals surface area contributed by atoms with Crippen molar-refractivity contribution in [2.24, 2.45) is 0 Å². The molecule has 3 heteroatoms. The largest absolute Gasteiger partial charge is 0.394 e. The van der Waals surface area contributed by atoms with E-state index in [1.54, 1.807) is 13.8 Å². The van der Waals surface area contributed by atoms with Crippen LogP contribution in [0.25, 0.3) is 0 Å². The van der Waals surface area contributed by atoms with Crippen molar-refractivity contribution in [2.75, 3.05) is 6.61 Å². The fraction of sp³-hybridized carbons (Fsp3) is 0.588. The summed E-state index contributed by atoms with van der Waals surface area (Å²) in [7, 11) is 0. The van der Waals surface area contributed by atoms with Crippen LogP contribution in [0.4, 0.5) is 0 Å². The van der Waals surface area contributed by atoms with Gasteiger partial charge in [0.1, 0.15) is 0 Å². The number of rotatable bonds is 8. The van der Waals surface area contributed by atoms with Crippen LogP contribution in [0.5, 0.6) is 0 Å². The highest BCUT2D eigenvalue weighted by atomic mass is 16.3. The molecule has 0 atom stereocenters. The topological polar surface area (TPSA) is 49.3 Å². The van der Waals surface area contributed by atoms with Crippen LogP contribution < -0.4 is 5.32 Å². The summed E-state index contributed by atoms with van der Waals surface area (Å²) in [6.07, 6.45) is 6.08. The number of hydrogen-bond donors (Lipinski definition) is 2. The van der Waals surface area contributed by atoms with Gasteiger partial charge in [-0.2, -0.15) is 0 Å². The maximum atomic E-state index is 12.0. The normalized spacial score (nSPS) is 11.4. The van der Waals surface area contributed by atoms with Gasteiger partial charge in [0.15, 0.2) is 0 Å². The third-order valence-corrected chi connectivity index (χ3v) is 3.38. The van der Waals surface area contributed by atoms with Crippen molar-refractivity contribution < 1.29 is 9.90 Å². The van der Waals surface area contributed by atoms with E-state index in [0.29, 0.717) is 5.56 Å². The van der Waals surface area contributed by atoms with Gasteiger partial charge in [-0.15, -0.1) is 0 Å². The monoisotopic (exact) mass is 277 g/mol. The van der Waals surface area contributed by atoms with Gasteiger partial charge in [0, 0.05) is 5.56 Å². The Balaban J connectivity index is 2.51. The van der Waals surface area contributed by atoms with Crippen LogP contribution in [0.3, 0.4) is 0 Å². The van der Waals surface area contributed by atoms with Crippen molar-refractivity contribution in [2.45, 2.75) is 58.4 Å². The van der Waals surface area contributed by atoms with Crippen molar-refractivity contribution in [3.8, 4) is 0 Å². The molecule has 1 amide bonds. The number of carbonyl (C=O) groups excluding carboxylic acids is 1. The summed E-state index contributed by atoms with van der Waals surface area (Å²) in [4.78, 5) is 12.0. The zero-order chi connectivity index (χ0) is 15.0. The second-order valence-electron chi connectivity index (χ2n) is 6.00. The Hall–Kier alpha value is -1.35. The first kappa shape index (κ1) is 16.7. The fourth-order valence-electron chi connectivity index (χ4n) is 2.00. The highest BCUT2D eigenvalue weighted by Crippen LogP contribution is 2.11. The van der Waals surface area contributed by atoms with Gasteiger partial charge in [0.25, 0.3) is 5.91 Å². The van der Waals surface area contributed by atoms with Gasteiger partial charge in [0.05, 0.1) is 12.1 Å². The number of aliphatic hydroxyl groups is 1. The first-order valence-corrected chi connectivity index (χ1v) is 7.51. The predicted octanol–water partition coefficient (Wildman–Crippen LogP) is 3.31. The first-order chi connectivity index (χ1) is 9.48. The Morgan fingerprint density at radius 2 is 1.80 bits per heavy atom. The van der Waals surface area contributed by atoms with Crippen LogP contribution in [0.2, 0.25) is 0 Å². The van der Waals surface area contributed by atoms with Crippen molar-refractivity contribution in [3.05, 3.63) is 35.4 Å². The molecule has 0 fully saturated rings. The summed E-state index contributed by atoms with van der Waals surface area (Å²) < 4.78 is 0. The van der Waals surface area contributed by atoms with Gasteiger partial charge in [-0.25, -0.2) is 0 Å². The van der Waals surface area contributed by atoms with Gasteiger partial charge in [-0.05, 0) is 44.4 Å². The molecule has 1 aromatic carbocycles. The number of carbonyl (C=O) groups is 1. The van der Waals surface area contributed by atoms with E-state index in [0.717, 1.165) is 6.42 Å². The fourth-order valence-corrected chi connectivity index (χ4v) is 2.00. The van der Waals surface area contributed by atoms with Crippen molar-refractivity contribution >= 4 is 5.91 Å². The smallest absolute Gasteiger partial charge is 0.251 e. The lowest BCUT2D eigenvalue weighted by molar-refractivity contribution is 0.0869. The van der Waals surface area contributed by atoms with E-state index < -0.39 is 5.54 Å². The van der Waals surface area contributed by atoms with E-state index >= 15 is 0 Å². The Morgan fingerprint density at radius 3 is 2.35 bits per heavy atom. The lowest BCUT2D eigenvalue weighted by atomic mass is 10.0. The number of unbranched alkanes of at least 4 members (excludes halogenated alkanes) is 3. The van der Waals surface area contributed by atoms with Gasteiger partial charge in [0.2, 0.25) is 0 Å². The van der Waals surface area contributed by atoms with Gasteiger partial charge >= 0.3 is 0 Å². The molecule has 112 valence electrons. The summed E-state index contributed by atoms with van der Waals surface area (Å²) in [5.74, 6) is -0.137. The predicted molar refractivity (Wildman–Crippen MR) is 82.9 cm³/mol. The molecule has 2 N–H and O–H groups in total. The van der Waals surface area contributed by atoms with Crippen molar-refractivity contribution in [3.63, 3.8) is 0 Å². The Kier molecular flexibility index (Phi) is 6.73. The lowest BCUT2D eigenvalue weighted by Gasteiger charge is -2.23. The van der Waals surface area contributed by atoms with Crippen LogP contribution in [0.15, 0.2) is 24.3 Å². The molecule has 0 aliphatic rings. The molecule has 0 aliphatic heterocycles. The molecular weight excluding hydrogens is 250 g/mol. The van der Waals surface area contributed by atoms with Crippen LogP contribution >= 0.6 is 0 Å². The third kappa shape index (κ3) is 5.74. The molecule has 0 spiro atoms. The number of hydrogen-bond acceptors (Lipinski definition) is 2. The van der Waals surface area contributed by atoms with Crippen molar-refractivity contribution in [1.29, 1.82) is 0 Å². The van der Waals surface area contributed by atoms with E-state index in [1.165, 1.54) is 31.2 Å². The van der Waals surface area contributed by atoms with Gasteiger partial charge < -0.3 is 10.4 Å². The van der Waals surface area contributed by atoms with Crippen LogP contribution in [0, 0.1) is 0 Å². The molecule has 20 heavy (non-hydrogen) atoms. The molecule has 0 aliphatic carbocycles. The molecule has 0 unspecified atom stereocenters. The minimum Gasteiger partial charge on any atom is -0.394 e. The summed E-state index contributed by atoms with van der Waals surface area (Å²) in [5, 5.41) is 12.0. The summed E-state index contributed by atoms with van der Waals surface area (Å²) in [6, 6.07) is 7.76. The van der Waals surface area contributed by atoms with Gasteiger partial charge in [-0.3, -0.25) is 4.79 Å². The van der Waals surface area contributed by atoms with E-state index in [2.05, 4.69) is 12.2 Å². The number of nitrogens with one attached hydrogen (secondary N) is 1. The maximum absolute atomic E-state index is 12.0. The summed E-state index contributed by atoms with van der Waals surface area (Å²) >= 11 is 0. The highest BCUT2D eigenvalue weighted by molar-refractivity contribution is 5.94. The zero-order valence-corrected chi connectivity index (χ0v) is 12.9. The SMILES string of the molecule is CCCCCCc1ccc(C(=O)NC(C)(C)CO)cc1. The molecule has 0 aromatic heterocycles. The lowest BCUT2D eigenvalue weighted by Crippen LogP contribution is -2.46. The Labute approximate surface area is 122 Å². The molecule has 3 nitrogen and oxygen atoms in total. The molecular formula is C17H27NO2. The average molecular weight is 277 g/mol. The maximum Gasteiger partial charge on any atom is 0.251 e. The molecule has 0 radical (unpaired) electrons. The molecule has 0 saturated heterocycles. The zero-order valence-electron chi connectivity index (χ0n) is 12.9. The number of aliphatic hydroxyl groups excluding tert-OH is 1. The molecule has 1 rings (SSSR count). The van der Waals surface area contributed by atoms with Crippen LogP contribution in [-0.2, 0) is 6.42 Å². The third-order valence-electron chi connectivity index (χ3n) is 3.38. The first-order valence-electron chi connectivity index (χ1n) is 7.51. The standard InChI is InChI=1S/C17H27NO2/c1-4-5-6-7-8-14-9-11-15(12-10-14)16(20)18-17(2,3)13-19/h9-12,19H,4-8,13H2,1-3H3,(H,18,20).